The average Bonchev–Trinajstić information content (AvgIpc) is 3.63. The number of piperidine rings is 1. The second-order valence-corrected chi connectivity index (χ2v) is 11.4. The number of nitriles is 1. The molecule has 0 atom stereocenters. The average molecular weight is 503 g/mol. The third kappa shape index (κ3) is 4.85. The van der Waals surface area contributed by atoms with Crippen molar-refractivity contribution >= 4 is 51.7 Å². The fraction of sp³-hybridized carbons (Fsp3) is 0.185. The fourth-order valence-corrected chi connectivity index (χ4v) is 7.21. The summed E-state index contributed by atoms with van der Waals surface area (Å²) < 4.78 is 0. The number of carboxylic acid groups (broad SMARTS) is 1. The summed E-state index contributed by atoms with van der Waals surface area (Å²) in [7, 11) is 0. The molecule has 0 spiro atoms. The van der Waals surface area contributed by atoms with Crippen molar-refractivity contribution in [2.75, 3.05) is 18.0 Å². The van der Waals surface area contributed by atoms with Crippen LogP contribution in [-0.4, -0.2) is 24.2 Å². The summed E-state index contributed by atoms with van der Waals surface area (Å²) in [6.45, 7) is 2.31. The number of carbonyl (C=O) groups is 1. The third-order valence-electron chi connectivity index (χ3n) is 5.83. The van der Waals surface area contributed by atoms with Crippen molar-refractivity contribution in [1.29, 1.82) is 5.26 Å². The van der Waals surface area contributed by atoms with Crippen LogP contribution in [0.15, 0.2) is 66.2 Å². The maximum atomic E-state index is 11.1. The Morgan fingerprint density at radius 3 is 1.97 bits per heavy atom. The third-order valence-corrected chi connectivity index (χ3v) is 9.48. The summed E-state index contributed by atoms with van der Waals surface area (Å²) in [5, 5.41) is 18.0. The second-order valence-electron chi connectivity index (χ2n) is 8.10. The molecule has 1 aliphatic rings. The van der Waals surface area contributed by atoms with E-state index in [0.29, 0.717) is 0 Å². The number of rotatable bonds is 6. The zero-order valence-electron chi connectivity index (χ0n) is 18.4. The Labute approximate surface area is 210 Å². The highest BCUT2D eigenvalue weighted by Crippen LogP contribution is 2.42. The quantitative estimate of drug-likeness (QED) is 0.215. The van der Waals surface area contributed by atoms with E-state index in [-0.39, 0.29) is 5.57 Å². The van der Waals surface area contributed by atoms with E-state index in [0.717, 1.165) is 27.7 Å². The minimum absolute atomic E-state index is 0.254. The molecule has 1 N–H and O–H groups in total. The van der Waals surface area contributed by atoms with E-state index in [1.165, 1.54) is 62.6 Å². The number of aliphatic carboxylic acids is 1. The summed E-state index contributed by atoms with van der Waals surface area (Å²) in [6, 6.07) is 23.1. The molecule has 3 aromatic heterocycles. The molecule has 5 rings (SSSR count). The van der Waals surface area contributed by atoms with Gasteiger partial charge in [-0.1, -0.05) is 12.1 Å². The van der Waals surface area contributed by atoms with Crippen LogP contribution in [0.4, 0.5) is 5.69 Å². The number of nitrogens with zero attached hydrogens (tertiary/aromatic N) is 2. The molecule has 0 unspecified atom stereocenters. The molecule has 1 aliphatic heterocycles. The maximum absolute atomic E-state index is 11.1. The topological polar surface area (TPSA) is 64.3 Å². The molecule has 1 fully saturated rings. The van der Waals surface area contributed by atoms with Gasteiger partial charge in [0.05, 0.1) is 0 Å². The molecular formula is C27H22N2O2S3. The molecule has 34 heavy (non-hydrogen) atoms. The number of hydrogen-bond acceptors (Lipinski definition) is 6. The van der Waals surface area contributed by atoms with Gasteiger partial charge in [0.15, 0.2) is 0 Å². The lowest BCUT2D eigenvalue weighted by atomic mass is 10.1. The molecule has 1 saturated heterocycles. The highest BCUT2D eigenvalue weighted by atomic mass is 32.1. The number of benzene rings is 1. The normalized spacial score (nSPS) is 14.2. The molecule has 7 heteroatoms. The molecule has 0 radical (unpaired) electrons. The Morgan fingerprint density at radius 1 is 0.794 bits per heavy atom. The fourth-order valence-electron chi connectivity index (χ4n) is 4.06. The van der Waals surface area contributed by atoms with Crippen LogP contribution in [0.25, 0.3) is 36.0 Å². The zero-order valence-corrected chi connectivity index (χ0v) is 20.8. The minimum Gasteiger partial charge on any atom is -0.477 e. The Balaban J connectivity index is 1.32. The van der Waals surface area contributed by atoms with E-state index in [1.54, 1.807) is 28.7 Å². The van der Waals surface area contributed by atoms with Crippen molar-refractivity contribution in [1.82, 2.24) is 0 Å². The molecule has 4 nitrogen and oxygen atoms in total. The van der Waals surface area contributed by atoms with Crippen LogP contribution in [0.2, 0.25) is 0 Å². The number of thiophene rings is 3. The van der Waals surface area contributed by atoms with Gasteiger partial charge < -0.3 is 10.0 Å². The van der Waals surface area contributed by atoms with Gasteiger partial charge in [0.1, 0.15) is 11.6 Å². The van der Waals surface area contributed by atoms with Crippen molar-refractivity contribution in [2.24, 2.45) is 0 Å². The zero-order chi connectivity index (χ0) is 23.5. The van der Waals surface area contributed by atoms with E-state index < -0.39 is 5.97 Å². The number of anilines is 1. The van der Waals surface area contributed by atoms with Crippen molar-refractivity contribution in [3.8, 4) is 36.0 Å². The van der Waals surface area contributed by atoms with Gasteiger partial charge in [-0.2, -0.15) is 5.26 Å². The van der Waals surface area contributed by atoms with Crippen molar-refractivity contribution in [2.45, 2.75) is 19.3 Å². The first kappa shape index (κ1) is 22.6. The van der Waals surface area contributed by atoms with Crippen LogP contribution in [0, 0.1) is 11.3 Å². The lowest BCUT2D eigenvalue weighted by Gasteiger charge is -2.28. The van der Waals surface area contributed by atoms with Crippen LogP contribution in [0.1, 0.15) is 24.1 Å². The van der Waals surface area contributed by atoms with Gasteiger partial charge in [-0.15, -0.1) is 34.0 Å². The SMILES string of the molecule is N#C/C(=C\c1ccc(-c2ccc(-c3ccc(-c4ccc(N5CCCCC5)cc4)s3)s2)s1)C(=O)O. The predicted octanol–water partition coefficient (Wildman–Crippen LogP) is 7.85. The predicted molar refractivity (Wildman–Crippen MR) is 144 cm³/mol. The molecular weight excluding hydrogens is 481 g/mol. The highest BCUT2D eigenvalue weighted by Gasteiger charge is 2.13. The molecule has 4 aromatic rings. The van der Waals surface area contributed by atoms with Gasteiger partial charge in [-0.05, 0) is 79.4 Å². The van der Waals surface area contributed by atoms with Crippen LogP contribution in [0.3, 0.4) is 0 Å². The summed E-state index contributed by atoms with van der Waals surface area (Å²) in [5.41, 5.74) is 2.31. The van der Waals surface area contributed by atoms with Crippen LogP contribution < -0.4 is 4.90 Å². The standard InChI is InChI=1S/C27H22N2O2S3/c28-17-19(27(30)31)16-21-8-9-23(32-21)24-12-13-26(34-24)25-11-10-22(33-25)18-4-6-20(7-5-18)29-14-2-1-3-15-29/h4-13,16H,1-3,14-15H2,(H,30,31)/b19-16+. The Hall–Kier alpha value is -3.18. The van der Waals surface area contributed by atoms with Crippen LogP contribution >= 0.6 is 34.0 Å². The maximum Gasteiger partial charge on any atom is 0.346 e. The second kappa shape index (κ2) is 9.98. The highest BCUT2D eigenvalue weighted by molar-refractivity contribution is 7.27. The minimum atomic E-state index is -1.20. The van der Waals surface area contributed by atoms with Gasteiger partial charge in [0.25, 0.3) is 0 Å². The van der Waals surface area contributed by atoms with Gasteiger partial charge in [-0.25, -0.2) is 4.79 Å². The van der Waals surface area contributed by atoms with E-state index >= 15 is 0 Å². The molecule has 0 amide bonds. The Bertz CT molecular complexity index is 1380. The summed E-state index contributed by atoms with van der Waals surface area (Å²) in [6.07, 6.45) is 5.33. The lowest BCUT2D eigenvalue weighted by Crippen LogP contribution is -2.29. The number of hydrogen-bond donors (Lipinski definition) is 1. The van der Waals surface area contributed by atoms with Crippen molar-refractivity contribution in [3.63, 3.8) is 0 Å². The van der Waals surface area contributed by atoms with Gasteiger partial charge in [0, 0.05) is 48.0 Å². The van der Waals surface area contributed by atoms with Gasteiger partial charge >= 0.3 is 5.97 Å². The Morgan fingerprint density at radius 2 is 1.35 bits per heavy atom. The van der Waals surface area contributed by atoms with E-state index in [9.17, 15) is 4.79 Å². The van der Waals surface area contributed by atoms with Gasteiger partial charge in [0.2, 0.25) is 0 Å². The summed E-state index contributed by atoms with van der Waals surface area (Å²) >= 11 is 5.01. The van der Waals surface area contributed by atoms with E-state index in [4.69, 9.17) is 10.4 Å². The lowest BCUT2D eigenvalue weighted by molar-refractivity contribution is -0.132. The molecule has 0 bridgehead atoms. The molecule has 4 heterocycles. The number of carboxylic acids is 1. The van der Waals surface area contributed by atoms with Crippen LogP contribution in [0.5, 0.6) is 0 Å². The summed E-state index contributed by atoms with van der Waals surface area (Å²) in [4.78, 5) is 20.2. The monoisotopic (exact) mass is 502 g/mol. The first-order chi connectivity index (χ1) is 16.6. The smallest absolute Gasteiger partial charge is 0.346 e. The largest absolute Gasteiger partial charge is 0.477 e. The van der Waals surface area contributed by atoms with E-state index in [1.807, 2.05) is 12.1 Å². The van der Waals surface area contributed by atoms with Gasteiger partial charge in [-0.3, -0.25) is 0 Å². The first-order valence-corrected chi connectivity index (χ1v) is 13.6. The Kier molecular flexibility index (Phi) is 6.63. The van der Waals surface area contributed by atoms with Crippen molar-refractivity contribution in [3.05, 3.63) is 71.1 Å². The van der Waals surface area contributed by atoms with Crippen LogP contribution in [-0.2, 0) is 4.79 Å². The van der Waals surface area contributed by atoms with E-state index in [2.05, 4.69) is 53.4 Å². The molecule has 170 valence electrons. The molecule has 1 aromatic carbocycles. The first-order valence-electron chi connectivity index (χ1n) is 11.1. The molecule has 0 saturated carbocycles. The van der Waals surface area contributed by atoms with Crippen molar-refractivity contribution < 1.29 is 9.90 Å². The molecule has 0 aliphatic carbocycles. The summed E-state index contributed by atoms with van der Waals surface area (Å²) in [5.74, 6) is -1.20.